The molecule has 94 valence electrons. The summed E-state index contributed by atoms with van der Waals surface area (Å²) in [6, 6.07) is 1.51. The van der Waals surface area contributed by atoms with Gasteiger partial charge in [-0.15, -0.1) is 0 Å². The van der Waals surface area contributed by atoms with Crippen LogP contribution < -0.4 is 5.32 Å². The largest absolute Gasteiger partial charge is 0.385 e. The van der Waals surface area contributed by atoms with Crippen LogP contribution in [0.2, 0.25) is 0 Å². The second kappa shape index (κ2) is 6.84. The molecule has 2 rings (SSSR count). The quantitative estimate of drug-likeness (QED) is 0.734. The molecule has 1 N–H and O–H groups in total. The van der Waals surface area contributed by atoms with Gasteiger partial charge in [-0.05, 0) is 32.4 Å². The highest BCUT2D eigenvalue weighted by Gasteiger charge is 2.32. The van der Waals surface area contributed by atoms with Gasteiger partial charge in [-0.2, -0.15) is 11.8 Å². The maximum Gasteiger partial charge on any atom is 0.0474 e. The average Bonchev–Trinajstić information content (AvgIpc) is 2.35. The third-order valence-corrected chi connectivity index (χ3v) is 4.69. The van der Waals surface area contributed by atoms with Gasteiger partial charge in [-0.3, -0.25) is 4.90 Å². The summed E-state index contributed by atoms with van der Waals surface area (Å²) in [5.74, 6) is 2.65. The zero-order valence-corrected chi connectivity index (χ0v) is 11.1. The van der Waals surface area contributed by atoms with Crippen molar-refractivity contribution in [3.8, 4) is 0 Å². The number of nitrogens with one attached hydrogen (secondary N) is 1. The minimum Gasteiger partial charge on any atom is -0.385 e. The molecule has 2 aliphatic rings. The molecule has 2 aliphatic heterocycles. The number of nitrogens with zero attached hydrogens (tertiary/aromatic N) is 1. The molecule has 4 heteroatoms. The second-order valence-corrected chi connectivity index (χ2v) is 5.88. The number of piperidine rings is 1. The van der Waals surface area contributed by atoms with Crippen LogP contribution in [0.1, 0.15) is 19.3 Å². The fourth-order valence-electron chi connectivity index (χ4n) is 2.75. The zero-order valence-electron chi connectivity index (χ0n) is 10.3. The maximum absolute atomic E-state index is 5.08. The first kappa shape index (κ1) is 12.7. The molecule has 2 atom stereocenters. The molecule has 0 aromatic heterocycles. The Hall–Kier alpha value is 0.230. The van der Waals surface area contributed by atoms with Crippen LogP contribution in [0, 0.1) is 0 Å². The Balaban J connectivity index is 1.74. The molecular formula is C12H24N2OS. The van der Waals surface area contributed by atoms with Crippen molar-refractivity contribution in [1.29, 1.82) is 0 Å². The van der Waals surface area contributed by atoms with E-state index in [0.717, 1.165) is 31.7 Å². The Morgan fingerprint density at radius 3 is 3.25 bits per heavy atom. The van der Waals surface area contributed by atoms with Crippen molar-refractivity contribution in [3.63, 3.8) is 0 Å². The van der Waals surface area contributed by atoms with Gasteiger partial charge in [0.15, 0.2) is 0 Å². The minimum atomic E-state index is 0.721. The van der Waals surface area contributed by atoms with Gasteiger partial charge in [-0.25, -0.2) is 0 Å². The molecule has 0 radical (unpaired) electrons. The lowest BCUT2D eigenvalue weighted by molar-refractivity contribution is 0.127. The van der Waals surface area contributed by atoms with E-state index in [9.17, 15) is 0 Å². The number of fused-ring (bicyclic) bond motifs is 1. The van der Waals surface area contributed by atoms with Crippen molar-refractivity contribution in [2.75, 3.05) is 44.9 Å². The van der Waals surface area contributed by atoms with Gasteiger partial charge in [-0.1, -0.05) is 0 Å². The summed E-state index contributed by atoms with van der Waals surface area (Å²) in [6.07, 6.45) is 3.85. The summed E-state index contributed by atoms with van der Waals surface area (Å²) in [5.41, 5.74) is 0. The second-order valence-electron chi connectivity index (χ2n) is 4.73. The molecule has 0 aromatic rings. The molecule has 2 heterocycles. The van der Waals surface area contributed by atoms with Gasteiger partial charge >= 0.3 is 0 Å². The Morgan fingerprint density at radius 1 is 1.44 bits per heavy atom. The van der Waals surface area contributed by atoms with E-state index in [1.165, 1.54) is 37.4 Å². The van der Waals surface area contributed by atoms with Gasteiger partial charge in [0.1, 0.15) is 0 Å². The molecule has 0 aromatic carbocycles. The highest BCUT2D eigenvalue weighted by atomic mass is 32.2. The third-order valence-electron chi connectivity index (χ3n) is 3.64. The van der Waals surface area contributed by atoms with E-state index in [1.54, 1.807) is 7.11 Å². The number of ether oxygens (including phenoxy) is 1. The van der Waals surface area contributed by atoms with E-state index in [-0.39, 0.29) is 0 Å². The summed E-state index contributed by atoms with van der Waals surface area (Å²) in [5, 5.41) is 3.72. The number of hydrogen-bond donors (Lipinski definition) is 1. The molecule has 2 saturated heterocycles. The fourth-order valence-corrected chi connectivity index (χ4v) is 3.97. The molecule has 2 unspecified atom stereocenters. The molecule has 0 saturated carbocycles. The number of thioether (sulfide) groups is 1. The topological polar surface area (TPSA) is 24.5 Å². The molecule has 0 aliphatic carbocycles. The Labute approximate surface area is 103 Å². The highest BCUT2D eigenvalue weighted by molar-refractivity contribution is 7.99. The Morgan fingerprint density at radius 2 is 2.38 bits per heavy atom. The molecule has 3 nitrogen and oxygen atoms in total. The van der Waals surface area contributed by atoms with E-state index >= 15 is 0 Å². The van der Waals surface area contributed by atoms with Gasteiger partial charge in [0.25, 0.3) is 0 Å². The maximum atomic E-state index is 5.08. The van der Waals surface area contributed by atoms with E-state index < -0.39 is 0 Å². The highest BCUT2D eigenvalue weighted by Crippen LogP contribution is 2.25. The van der Waals surface area contributed by atoms with Crippen LogP contribution in [0.25, 0.3) is 0 Å². The normalized spacial score (nSPS) is 31.3. The van der Waals surface area contributed by atoms with E-state index in [4.69, 9.17) is 4.74 Å². The molecule has 16 heavy (non-hydrogen) atoms. The lowest BCUT2D eigenvalue weighted by Gasteiger charge is -2.44. The molecule has 0 amide bonds. The van der Waals surface area contributed by atoms with E-state index in [0.29, 0.717) is 0 Å². The molecular weight excluding hydrogens is 220 g/mol. The number of hydrogen-bond acceptors (Lipinski definition) is 4. The summed E-state index contributed by atoms with van der Waals surface area (Å²) < 4.78 is 5.08. The lowest BCUT2D eigenvalue weighted by Crippen LogP contribution is -2.57. The fraction of sp³-hybridized carbons (Fsp3) is 1.00. The summed E-state index contributed by atoms with van der Waals surface area (Å²) in [4.78, 5) is 2.69. The lowest BCUT2D eigenvalue weighted by atomic mass is 9.97. The van der Waals surface area contributed by atoms with Crippen LogP contribution in [-0.4, -0.2) is 61.8 Å². The van der Waals surface area contributed by atoms with Crippen molar-refractivity contribution in [3.05, 3.63) is 0 Å². The first-order valence-electron chi connectivity index (χ1n) is 6.46. The third kappa shape index (κ3) is 3.36. The van der Waals surface area contributed by atoms with Gasteiger partial charge in [0.2, 0.25) is 0 Å². The van der Waals surface area contributed by atoms with Crippen molar-refractivity contribution < 1.29 is 4.74 Å². The van der Waals surface area contributed by atoms with Crippen molar-refractivity contribution in [1.82, 2.24) is 10.2 Å². The smallest absolute Gasteiger partial charge is 0.0474 e. The van der Waals surface area contributed by atoms with Crippen LogP contribution in [0.5, 0.6) is 0 Å². The predicted molar refractivity (Wildman–Crippen MR) is 70.2 cm³/mol. The van der Waals surface area contributed by atoms with E-state index in [2.05, 4.69) is 22.0 Å². The van der Waals surface area contributed by atoms with Gasteiger partial charge in [0, 0.05) is 43.9 Å². The van der Waals surface area contributed by atoms with Crippen molar-refractivity contribution >= 4 is 11.8 Å². The monoisotopic (exact) mass is 244 g/mol. The van der Waals surface area contributed by atoms with Crippen LogP contribution in [0.3, 0.4) is 0 Å². The number of rotatable bonds is 5. The van der Waals surface area contributed by atoms with Crippen molar-refractivity contribution in [2.45, 2.75) is 31.3 Å². The van der Waals surface area contributed by atoms with Crippen LogP contribution in [0.4, 0.5) is 0 Å². The van der Waals surface area contributed by atoms with Crippen LogP contribution in [-0.2, 0) is 4.74 Å². The average molecular weight is 244 g/mol. The van der Waals surface area contributed by atoms with Gasteiger partial charge < -0.3 is 10.1 Å². The summed E-state index contributed by atoms with van der Waals surface area (Å²) in [7, 11) is 1.78. The number of methoxy groups -OCH3 is 1. The van der Waals surface area contributed by atoms with Crippen molar-refractivity contribution in [2.24, 2.45) is 0 Å². The summed E-state index contributed by atoms with van der Waals surface area (Å²) in [6.45, 7) is 4.60. The van der Waals surface area contributed by atoms with Crippen LogP contribution >= 0.6 is 11.8 Å². The zero-order chi connectivity index (χ0) is 11.2. The molecule has 0 spiro atoms. The van der Waals surface area contributed by atoms with E-state index in [1.807, 2.05) is 0 Å². The molecule has 0 bridgehead atoms. The SMILES string of the molecule is COCCCNC1CCCN2CCSCC12. The Bertz CT molecular complexity index is 201. The standard InChI is InChI=1S/C12H24N2OS/c1-15-8-3-5-13-11-4-2-6-14-7-9-16-10-12(11)14/h11-13H,2-10H2,1H3. The Kier molecular flexibility index (Phi) is 5.42. The van der Waals surface area contributed by atoms with Gasteiger partial charge in [0.05, 0.1) is 0 Å². The predicted octanol–water partition coefficient (Wildman–Crippen LogP) is 1.19. The summed E-state index contributed by atoms with van der Waals surface area (Å²) >= 11 is 2.12. The first-order chi connectivity index (χ1) is 7.92. The molecule has 2 fully saturated rings. The first-order valence-corrected chi connectivity index (χ1v) is 7.61. The minimum absolute atomic E-state index is 0.721. The van der Waals surface area contributed by atoms with Crippen LogP contribution in [0.15, 0.2) is 0 Å².